The summed E-state index contributed by atoms with van der Waals surface area (Å²) in [5, 5.41) is 5.36. The van der Waals surface area contributed by atoms with Crippen LogP contribution in [0.1, 0.15) is 0 Å². The van der Waals surface area contributed by atoms with Crippen LogP contribution in [-0.4, -0.2) is 23.8 Å². The zero-order valence-corrected chi connectivity index (χ0v) is 12.5. The van der Waals surface area contributed by atoms with Crippen LogP contribution in [0.3, 0.4) is 0 Å². The lowest BCUT2D eigenvalue weighted by molar-refractivity contribution is -0.747. The SMILES string of the molecule is O=S(=O)([O-])CC[n+]1cc(-c2ccccc2)c2ccccc2n1. The quantitative estimate of drug-likeness (QED) is 0.543. The number of rotatable bonds is 4. The van der Waals surface area contributed by atoms with E-state index in [0.29, 0.717) is 0 Å². The van der Waals surface area contributed by atoms with Crippen molar-refractivity contribution in [3.63, 3.8) is 0 Å². The Kier molecular flexibility index (Phi) is 3.87. The highest BCUT2D eigenvalue weighted by atomic mass is 32.2. The number of hydrogen-bond donors (Lipinski definition) is 0. The van der Waals surface area contributed by atoms with Crippen LogP contribution in [0, 0.1) is 0 Å². The molecule has 0 unspecified atom stereocenters. The first-order chi connectivity index (χ1) is 10.5. The van der Waals surface area contributed by atoms with Crippen molar-refractivity contribution in [3.8, 4) is 11.1 Å². The van der Waals surface area contributed by atoms with Crippen LogP contribution >= 0.6 is 0 Å². The minimum atomic E-state index is -4.26. The summed E-state index contributed by atoms with van der Waals surface area (Å²) in [5.41, 5.74) is 2.72. The largest absolute Gasteiger partial charge is 0.748 e. The fourth-order valence-corrected chi connectivity index (χ4v) is 2.75. The number of fused-ring (bicyclic) bond motifs is 1. The van der Waals surface area contributed by atoms with Gasteiger partial charge in [-0.05, 0) is 11.6 Å². The third-order valence-corrected chi connectivity index (χ3v) is 4.05. The summed E-state index contributed by atoms with van der Waals surface area (Å²) in [4.78, 5) is 0. The molecule has 0 spiro atoms. The molecule has 0 saturated carbocycles. The zero-order chi connectivity index (χ0) is 15.6. The number of aryl methyl sites for hydroxylation is 1. The number of aromatic nitrogens is 2. The predicted octanol–water partition coefficient (Wildman–Crippen LogP) is 1.73. The summed E-state index contributed by atoms with van der Waals surface area (Å²) < 4.78 is 34.0. The van der Waals surface area contributed by atoms with Gasteiger partial charge in [-0.3, -0.25) is 0 Å². The lowest BCUT2D eigenvalue weighted by Crippen LogP contribution is -2.41. The van der Waals surface area contributed by atoms with Gasteiger partial charge < -0.3 is 4.55 Å². The lowest BCUT2D eigenvalue weighted by Gasteiger charge is -2.06. The van der Waals surface area contributed by atoms with Crippen molar-refractivity contribution in [2.75, 3.05) is 5.75 Å². The van der Waals surface area contributed by atoms with E-state index < -0.39 is 15.9 Å². The highest BCUT2D eigenvalue weighted by Gasteiger charge is 2.14. The number of nitrogens with zero attached hydrogens (tertiary/aromatic N) is 2. The van der Waals surface area contributed by atoms with Crippen molar-refractivity contribution in [3.05, 3.63) is 60.8 Å². The maximum atomic E-state index is 10.8. The molecule has 3 rings (SSSR count). The van der Waals surface area contributed by atoms with Crippen molar-refractivity contribution in [2.45, 2.75) is 6.54 Å². The molecule has 0 fully saturated rings. The lowest BCUT2D eigenvalue weighted by atomic mass is 10.0. The van der Waals surface area contributed by atoms with Crippen molar-refractivity contribution in [1.29, 1.82) is 0 Å². The van der Waals surface area contributed by atoms with Crippen LogP contribution in [0.5, 0.6) is 0 Å². The first kappa shape index (κ1) is 14.6. The topological polar surface area (TPSA) is 74.0 Å². The van der Waals surface area contributed by atoms with Crippen LogP contribution in [0.4, 0.5) is 0 Å². The molecule has 6 heteroatoms. The van der Waals surface area contributed by atoms with Crippen LogP contribution < -0.4 is 4.68 Å². The van der Waals surface area contributed by atoms with Gasteiger partial charge in [0.05, 0.1) is 11.3 Å². The van der Waals surface area contributed by atoms with Gasteiger partial charge in [0.2, 0.25) is 6.20 Å². The molecule has 1 aromatic heterocycles. The monoisotopic (exact) mass is 314 g/mol. The molecule has 5 nitrogen and oxygen atoms in total. The van der Waals surface area contributed by atoms with Gasteiger partial charge in [-0.2, -0.15) is 0 Å². The molecule has 22 heavy (non-hydrogen) atoms. The number of benzene rings is 2. The molecule has 0 radical (unpaired) electrons. The van der Waals surface area contributed by atoms with E-state index in [-0.39, 0.29) is 6.54 Å². The van der Waals surface area contributed by atoms with Gasteiger partial charge in [0.1, 0.15) is 15.6 Å². The second-order valence-corrected chi connectivity index (χ2v) is 6.47. The standard InChI is InChI=1S/C16H14N2O3S/c19-22(20,21)11-10-18-12-15(13-6-2-1-3-7-13)14-8-4-5-9-16(14)17-18/h1-9,12H,10-11H2. The molecule has 0 atom stereocenters. The fraction of sp³-hybridized carbons (Fsp3) is 0.125. The highest BCUT2D eigenvalue weighted by molar-refractivity contribution is 7.85. The van der Waals surface area contributed by atoms with Gasteiger partial charge in [0.15, 0.2) is 6.54 Å². The Morgan fingerprint density at radius 1 is 1.00 bits per heavy atom. The average Bonchev–Trinajstić information content (AvgIpc) is 2.52. The third kappa shape index (κ3) is 3.29. The Hall–Kier alpha value is -2.31. The molecule has 0 aliphatic carbocycles. The van der Waals surface area contributed by atoms with Crippen LogP contribution in [0.2, 0.25) is 0 Å². The number of hydrogen-bond acceptors (Lipinski definition) is 4. The van der Waals surface area contributed by atoms with Crippen molar-refractivity contribution >= 4 is 21.0 Å². The Bertz CT molecular complexity index is 909. The van der Waals surface area contributed by atoms with Crippen LogP contribution in [0.15, 0.2) is 60.8 Å². The normalized spacial score (nSPS) is 11.7. The van der Waals surface area contributed by atoms with Crippen molar-refractivity contribution in [1.82, 2.24) is 5.10 Å². The summed E-state index contributed by atoms with van der Waals surface area (Å²) in [7, 11) is -4.26. The first-order valence-electron chi connectivity index (χ1n) is 6.81. The minimum absolute atomic E-state index is 0.0382. The molecule has 0 aliphatic rings. The maximum Gasteiger partial charge on any atom is 0.204 e. The van der Waals surface area contributed by atoms with Gasteiger partial charge in [0.25, 0.3) is 0 Å². The molecule has 112 valence electrons. The predicted molar refractivity (Wildman–Crippen MR) is 81.9 cm³/mol. The fourth-order valence-electron chi connectivity index (χ4n) is 2.34. The van der Waals surface area contributed by atoms with Crippen LogP contribution in [-0.2, 0) is 16.7 Å². The summed E-state index contributed by atoms with van der Waals surface area (Å²) >= 11 is 0. The molecular weight excluding hydrogens is 300 g/mol. The molecule has 0 amide bonds. The maximum absolute atomic E-state index is 10.8. The summed E-state index contributed by atoms with van der Waals surface area (Å²) in [5.74, 6) is -0.475. The Labute approximate surface area is 128 Å². The van der Waals surface area contributed by atoms with E-state index in [9.17, 15) is 13.0 Å². The Morgan fingerprint density at radius 3 is 2.41 bits per heavy atom. The van der Waals surface area contributed by atoms with E-state index in [1.807, 2.05) is 54.6 Å². The van der Waals surface area contributed by atoms with Gasteiger partial charge in [-0.15, -0.1) is 0 Å². The van der Waals surface area contributed by atoms with Gasteiger partial charge >= 0.3 is 0 Å². The molecular formula is C16H14N2O3S. The Balaban J connectivity index is 2.13. The van der Waals surface area contributed by atoms with E-state index in [2.05, 4.69) is 5.10 Å². The van der Waals surface area contributed by atoms with Gasteiger partial charge in [-0.1, -0.05) is 53.2 Å². The molecule has 0 bridgehead atoms. The van der Waals surface area contributed by atoms with Crippen molar-refractivity contribution < 1.29 is 17.7 Å². The summed E-state index contributed by atoms with van der Waals surface area (Å²) in [6.07, 6.45) is 1.78. The summed E-state index contributed by atoms with van der Waals surface area (Å²) in [6.45, 7) is 0.0382. The van der Waals surface area contributed by atoms with Gasteiger partial charge in [0, 0.05) is 10.5 Å². The summed E-state index contributed by atoms with van der Waals surface area (Å²) in [6, 6.07) is 17.4. The second-order valence-electron chi connectivity index (χ2n) is 4.95. The minimum Gasteiger partial charge on any atom is -0.748 e. The van der Waals surface area contributed by atoms with E-state index in [1.54, 1.807) is 6.20 Å². The highest BCUT2D eigenvalue weighted by Crippen LogP contribution is 2.25. The molecule has 0 N–H and O–H groups in total. The van der Waals surface area contributed by atoms with E-state index in [1.165, 1.54) is 4.68 Å². The first-order valence-corrected chi connectivity index (χ1v) is 8.39. The molecule has 3 aromatic rings. The van der Waals surface area contributed by atoms with E-state index in [4.69, 9.17) is 0 Å². The van der Waals surface area contributed by atoms with E-state index >= 15 is 0 Å². The van der Waals surface area contributed by atoms with E-state index in [0.717, 1.165) is 22.0 Å². The molecule has 1 heterocycles. The smallest absolute Gasteiger partial charge is 0.204 e. The van der Waals surface area contributed by atoms with Crippen molar-refractivity contribution in [2.24, 2.45) is 0 Å². The molecule has 0 aliphatic heterocycles. The van der Waals surface area contributed by atoms with Gasteiger partial charge in [-0.25, -0.2) is 8.42 Å². The Morgan fingerprint density at radius 2 is 1.68 bits per heavy atom. The van der Waals surface area contributed by atoms with Crippen LogP contribution in [0.25, 0.3) is 22.0 Å². The molecule has 0 saturated heterocycles. The second kappa shape index (κ2) is 5.82. The zero-order valence-electron chi connectivity index (χ0n) is 11.7. The average molecular weight is 314 g/mol. The molecule has 2 aromatic carbocycles. The third-order valence-electron chi connectivity index (χ3n) is 3.36.